The minimum absolute atomic E-state index is 0.0442. The van der Waals surface area contributed by atoms with Crippen molar-refractivity contribution in [2.75, 3.05) is 0 Å². The van der Waals surface area contributed by atoms with E-state index in [2.05, 4.69) is 15.0 Å². The number of nitrogens with zero attached hydrogens (tertiary/aromatic N) is 2. The fraction of sp³-hybridized carbons (Fsp3) is 0. The minimum atomic E-state index is -0.661. The van der Waals surface area contributed by atoms with Gasteiger partial charge < -0.3 is 15.5 Å². The Morgan fingerprint density at radius 2 is 2.10 bits per heavy atom. The predicted molar refractivity (Wildman–Crippen MR) is 73.8 cm³/mol. The molecule has 0 aliphatic carbocycles. The number of imidazole rings is 1. The molecule has 0 radical (unpaired) electrons. The Morgan fingerprint density at radius 3 is 2.81 bits per heavy atom. The number of aromatic nitrogens is 3. The molecule has 7 nitrogen and oxygen atoms in total. The molecule has 0 saturated carbocycles. The number of ether oxygens (including phenoxy) is 1. The molecule has 1 aromatic carbocycles. The molecule has 2 heterocycles. The van der Waals surface area contributed by atoms with Crippen LogP contribution in [0.1, 0.15) is 21.0 Å². The summed E-state index contributed by atoms with van der Waals surface area (Å²) < 4.78 is 5.18. The van der Waals surface area contributed by atoms with E-state index in [1.54, 1.807) is 36.5 Å². The van der Waals surface area contributed by atoms with Crippen LogP contribution in [0.2, 0.25) is 0 Å². The number of H-pyrrole nitrogens is 1. The molecule has 0 bridgehead atoms. The summed E-state index contributed by atoms with van der Waals surface area (Å²) in [5.41, 5.74) is 6.55. The van der Waals surface area contributed by atoms with Crippen molar-refractivity contribution in [3.05, 3.63) is 54.1 Å². The van der Waals surface area contributed by atoms with Crippen LogP contribution in [0.5, 0.6) is 5.75 Å². The van der Waals surface area contributed by atoms with Gasteiger partial charge in [0, 0.05) is 6.20 Å². The van der Waals surface area contributed by atoms with E-state index in [1.807, 2.05) is 0 Å². The average molecular weight is 282 g/mol. The second-order valence-corrected chi connectivity index (χ2v) is 4.26. The lowest BCUT2D eigenvalue weighted by Crippen LogP contribution is -2.12. The number of esters is 1. The van der Waals surface area contributed by atoms with Crippen molar-refractivity contribution in [1.82, 2.24) is 15.0 Å². The molecule has 104 valence electrons. The number of carbonyl (C=O) groups is 2. The summed E-state index contributed by atoms with van der Waals surface area (Å²) in [5, 5.41) is 0. The van der Waals surface area contributed by atoms with E-state index >= 15 is 0 Å². The smallest absolute Gasteiger partial charge is 0.343 e. The van der Waals surface area contributed by atoms with Crippen molar-refractivity contribution in [2.24, 2.45) is 5.73 Å². The van der Waals surface area contributed by atoms with Gasteiger partial charge in [-0.1, -0.05) is 0 Å². The van der Waals surface area contributed by atoms with Gasteiger partial charge in [0.05, 0.1) is 22.8 Å². The van der Waals surface area contributed by atoms with Crippen molar-refractivity contribution < 1.29 is 14.3 Å². The normalized spacial score (nSPS) is 10.5. The summed E-state index contributed by atoms with van der Waals surface area (Å²) in [6, 6.07) is 8.02. The molecule has 0 atom stereocenters. The second-order valence-electron chi connectivity index (χ2n) is 4.26. The zero-order valence-electron chi connectivity index (χ0n) is 10.7. The lowest BCUT2D eigenvalue weighted by molar-refractivity contribution is 0.0734. The first kappa shape index (κ1) is 12.8. The number of benzene rings is 1. The fourth-order valence-electron chi connectivity index (χ4n) is 1.83. The van der Waals surface area contributed by atoms with Gasteiger partial charge in [0.25, 0.3) is 5.91 Å². The number of hydrogen-bond acceptors (Lipinski definition) is 5. The number of aromatic amines is 1. The first-order valence-corrected chi connectivity index (χ1v) is 6.05. The third-order valence-corrected chi connectivity index (χ3v) is 2.80. The SMILES string of the molecule is NC(=O)c1nc2ccc(C(=O)Oc3cccnc3)cc2[nH]1. The van der Waals surface area contributed by atoms with Crippen molar-refractivity contribution in [3.63, 3.8) is 0 Å². The molecule has 7 heteroatoms. The predicted octanol–water partition coefficient (Wildman–Crippen LogP) is 1.28. The lowest BCUT2D eigenvalue weighted by atomic mass is 10.2. The van der Waals surface area contributed by atoms with Crippen molar-refractivity contribution in [1.29, 1.82) is 0 Å². The van der Waals surface area contributed by atoms with E-state index in [0.717, 1.165) is 0 Å². The molecule has 3 N–H and O–H groups in total. The highest BCUT2D eigenvalue weighted by molar-refractivity contribution is 5.97. The van der Waals surface area contributed by atoms with Gasteiger partial charge >= 0.3 is 5.97 Å². The number of amides is 1. The van der Waals surface area contributed by atoms with Crippen molar-refractivity contribution in [3.8, 4) is 5.75 Å². The first-order valence-electron chi connectivity index (χ1n) is 6.05. The highest BCUT2D eigenvalue weighted by Gasteiger charge is 2.12. The number of pyridine rings is 1. The van der Waals surface area contributed by atoms with Crippen LogP contribution in [0.25, 0.3) is 11.0 Å². The van der Waals surface area contributed by atoms with E-state index in [-0.39, 0.29) is 5.82 Å². The third kappa shape index (κ3) is 2.57. The summed E-state index contributed by atoms with van der Waals surface area (Å²) in [6.45, 7) is 0. The number of fused-ring (bicyclic) bond motifs is 1. The zero-order chi connectivity index (χ0) is 14.8. The Hall–Kier alpha value is -3.22. The van der Waals surface area contributed by atoms with Crippen LogP contribution in [0, 0.1) is 0 Å². The summed E-state index contributed by atoms with van der Waals surface area (Å²) >= 11 is 0. The summed E-state index contributed by atoms with van der Waals surface area (Å²) in [6.07, 6.45) is 3.02. The van der Waals surface area contributed by atoms with Gasteiger partial charge in [0.1, 0.15) is 5.75 Å². The third-order valence-electron chi connectivity index (χ3n) is 2.80. The van der Waals surface area contributed by atoms with Gasteiger partial charge in [0.2, 0.25) is 0 Å². The van der Waals surface area contributed by atoms with Gasteiger partial charge in [-0.2, -0.15) is 0 Å². The Morgan fingerprint density at radius 1 is 1.24 bits per heavy atom. The highest BCUT2D eigenvalue weighted by Crippen LogP contribution is 2.16. The minimum Gasteiger partial charge on any atom is -0.421 e. The van der Waals surface area contributed by atoms with E-state index < -0.39 is 11.9 Å². The van der Waals surface area contributed by atoms with Crippen molar-refractivity contribution in [2.45, 2.75) is 0 Å². The van der Waals surface area contributed by atoms with Gasteiger partial charge in [-0.3, -0.25) is 9.78 Å². The number of rotatable bonds is 3. The first-order chi connectivity index (χ1) is 10.1. The van der Waals surface area contributed by atoms with E-state index in [1.165, 1.54) is 6.20 Å². The molecule has 0 spiro atoms. The molecule has 0 fully saturated rings. The summed E-state index contributed by atoms with van der Waals surface area (Å²) in [4.78, 5) is 33.7. The van der Waals surface area contributed by atoms with Crippen LogP contribution >= 0.6 is 0 Å². The molecule has 3 rings (SSSR count). The standard InChI is InChI=1S/C14H10N4O3/c15-12(19)13-17-10-4-3-8(6-11(10)18-13)14(20)21-9-2-1-5-16-7-9/h1-7H,(H2,15,19)(H,17,18). The number of primary amides is 1. The van der Waals surface area contributed by atoms with Crippen LogP contribution in [0.3, 0.4) is 0 Å². The maximum Gasteiger partial charge on any atom is 0.343 e. The van der Waals surface area contributed by atoms with Crippen LogP contribution < -0.4 is 10.5 Å². The molecular formula is C14H10N4O3. The van der Waals surface area contributed by atoms with Gasteiger partial charge in [-0.25, -0.2) is 9.78 Å². The molecule has 2 aromatic heterocycles. The Labute approximate surface area is 118 Å². The fourth-order valence-corrected chi connectivity index (χ4v) is 1.83. The molecule has 0 aliphatic heterocycles. The lowest BCUT2D eigenvalue weighted by Gasteiger charge is -2.03. The van der Waals surface area contributed by atoms with Crippen LogP contribution in [0.4, 0.5) is 0 Å². The summed E-state index contributed by atoms with van der Waals surface area (Å²) in [5.74, 6) is -0.793. The average Bonchev–Trinajstić information content (AvgIpc) is 2.91. The van der Waals surface area contributed by atoms with E-state index in [0.29, 0.717) is 22.3 Å². The number of hydrogen-bond donors (Lipinski definition) is 2. The summed E-state index contributed by atoms with van der Waals surface area (Å²) in [7, 11) is 0. The van der Waals surface area contributed by atoms with Gasteiger partial charge in [-0.05, 0) is 30.3 Å². The molecular weight excluding hydrogens is 272 g/mol. The largest absolute Gasteiger partial charge is 0.421 e. The van der Waals surface area contributed by atoms with Crippen LogP contribution in [-0.4, -0.2) is 26.8 Å². The monoisotopic (exact) mass is 282 g/mol. The molecule has 0 unspecified atom stereocenters. The number of carbonyl (C=O) groups excluding carboxylic acids is 2. The number of nitrogens with two attached hydrogens (primary N) is 1. The molecule has 21 heavy (non-hydrogen) atoms. The number of nitrogens with one attached hydrogen (secondary N) is 1. The van der Waals surface area contributed by atoms with Gasteiger partial charge in [0.15, 0.2) is 5.82 Å². The Kier molecular flexibility index (Phi) is 3.07. The molecule has 0 aliphatic rings. The Bertz CT molecular complexity index is 827. The second kappa shape index (κ2) is 5.04. The quantitative estimate of drug-likeness (QED) is 0.703. The highest BCUT2D eigenvalue weighted by atomic mass is 16.5. The van der Waals surface area contributed by atoms with Crippen LogP contribution in [-0.2, 0) is 0 Å². The zero-order valence-corrected chi connectivity index (χ0v) is 10.7. The molecule has 3 aromatic rings. The maximum absolute atomic E-state index is 12.0. The molecule has 0 saturated heterocycles. The van der Waals surface area contributed by atoms with Gasteiger partial charge in [-0.15, -0.1) is 0 Å². The van der Waals surface area contributed by atoms with Crippen LogP contribution in [0.15, 0.2) is 42.7 Å². The maximum atomic E-state index is 12.0. The Balaban J connectivity index is 1.90. The van der Waals surface area contributed by atoms with E-state index in [4.69, 9.17) is 10.5 Å². The topological polar surface area (TPSA) is 111 Å². The van der Waals surface area contributed by atoms with E-state index in [9.17, 15) is 9.59 Å². The van der Waals surface area contributed by atoms with Crippen molar-refractivity contribution >= 4 is 22.9 Å². The molecule has 1 amide bonds.